The van der Waals surface area contributed by atoms with Gasteiger partial charge in [0, 0.05) is 28.7 Å². The molecule has 2 aromatic heterocycles. The van der Waals surface area contributed by atoms with Crippen molar-refractivity contribution in [3.8, 4) is 11.5 Å². The smallest absolute Gasteiger partial charge is 0.344 e. The molecule has 0 fully saturated rings. The normalized spacial score (nSPS) is 14.3. The first-order chi connectivity index (χ1) is 13.8. The third-order valence-electron chi connectivity index (χ3n) is 4.46. The van der Waals surface area contributed by atoms with Crippen LogP contribution >= 0.6 is 15.9 Å². The molecule has 29 heavy (non-hydrogen) atoms. The molecule has 150 valence electrons. The number of carbonyl (C=O) groups is 1. The van der Waals surface area contributed by atoms with Crippen LogP contribution in [-0.2, 0) is 22.6 Å². The lowest BCUT2D eigenvalue weighted by molar-refractivity contribution is -0.147. The van der Waals surface area contributed by atoms with Crippen LogP contribution in [0, 0.1) is 0 Å². The van der Waals surface area contributed by atoms with E-state index >= 15 is 0 Å². The van der Waals surface area contributed by atoms with Crippen LogP contribution in [0.4, 0.5) is 0 Å². The van der Waals surface area contributed by atoms with Gasteiger partial charge in [-0.15, -0.1) is 0 Å². The van der Waals surface area contributed by atoms with Crippen molar-refractivity contribution >= 4 is 27.5 Å². The predicted molar refractivity (Wildman–Crippen MR) is 109 cm³/mol. The van der Waals surface area contributed by atoms with E-state index in [-0.39, 0.29) is 24.4 Å². The molecule has 1 aliphatic rings. The van der Waals surface area contributed by atoms with Crippen LogP contribution in [-0.4, -0.2) is 27.6 Å². The van der Waals surface area contributed by atoms with Crippen LogP contribution in [0.2, 0.25) is 0 Å². The number of hydrogen-bond donors (Lipinski definition) is 0. The summed E-state index contributed by atoms with van der Waals surface area (Å²) in [6, 6.07) is 10.4. The number of benzene rings is 1. The zero-order valence-electron chi connectivity index (χ0n) is 16.0. The van der Waals surface area contributed by atoms with Crippen LogP contribution in [0.1, 0.15) is 25.1 Å². The number of rotatable bonds is 5. The Hall–Kier alpha value is -2.87. The van der Waals surface area contributed by atoms with E-state index in [1.807, 2.05) is 26.0 Å². The molecule has 1 aromatic carbocycles. The highest BCUT2D eigenvalue weighted by molar-refractivity contribution is 9.10. The third kappa shape index (κ3) is 4.27. The summed E-state index contributed by atoms with van der Waals surface area (Å²) < 4.78 is 18.9. The fraction of sp³-hybridized carbons (Fsp3) is 0.286. The first-order valence-corrected chi connectivity index (χ1v) is 9.87. The van der Waals surface area contributed by atoms with E-state index in [1.54, 1.807) is 24.4 Å². The van der Waals surface area contributed by atoms with Gasteiger partial charge in [0.2, 0.25) is 0 Å². The van der Waals surface area contributed by atoms with Crippen molar-refractivity contribution in [2.45, 2.75) is 32.5 Å². The number of pyridine rings is 1. The van der Waals surface area contributed by atoms with Gasteiger partial charge in [-0.05, 0) is 48.0 Å². The molecule has 0 unspecified atom stereocenters. The number of halogens is 1. The monoisotopic (exact) mass is 458 g/mol. The number of aromatic nitrogens is 2. The zero-order chi connectivity index (χ0) is 20.6. The van der Waals surface area contributed by atoms with Gasteiger partial charge in [-0.2, -0.15) is 0 Å². The molecule has 0 saturated carbocycles. The summed E-state index contributed by atoms with van der Waals surface area (Å²) in [4.78, 5) is 28.6. The molecule has 7 nitrogen and oxygen atoms in total. The molecule has 3 heterocycles. The molecule has 8 heteroatoms. The Morgan fingerprint density at radius 1 is 1.31 bits per heavy atom. The fourth-order valence-electron chi connectivity index (χ4n) is 3.23. The number of nitrogens with zero attached hydrogens (tertiary/aromatic N) is 2. The van der Waals surface area contributed by atoms with Gasteiger partial charge in [0.15, 0.2) is 18.1 Å². The maximum absolute atomic E-state index is 12.2. The van der Waals surface area contributed by atoms with Crippen molar-refractivity contribution < 1.29 is 19.0 Å². The Morgan fingerprint density at radius 2 is 2.14 bits per heavy atom. The highest BCUT2D eigenvalue weighted by Crippen LogP contribution is 2.41. The number of esters is 1. The second kappa shape index (κ2) is 7.51. The average molecular weight is 459 g/mol. The van der Waals surface area contributed by atoms with Gasteiger partial charge >= 0.3 is 5.97 Å². The van der Waals surface area contributed by atoms with Crippen LogP contribution in [0.5, 0.6) is 11.5 Å². The molecule has 0 spiro atoms. The van der Waals surface area contributed by atoms with Crippen molar-refractivity contribution in [1.82, 2.24) is 9.38 Å². The second-order valence-electron chi connectivity index (χ2n) is 7.39. The molecule has 4 rings (SSSR count). The molecular weight excluding hydrogens is 440 g/mol. The Bertz CT molecular complexity index is 1160. The lowest BCUT2D eigenvalue weighted by Gasteiger charge is -2.18. The molecule has 0 atom stereocenters. The molecule has 0 amide bonds. The number of hydrogen-bond acceptors (Lipinski definition) is 6. The number of para-hydroxylation sites is 1. The van der Waals surface area contributed by atoms with Crippen LogP contribution in [0.3, 0.4) is 0 Å². The van der Waals surface area contributed by atoms with Gasteiger partial charge in [-0.3, -0.25) is 9.20 Å². The highest BCUT2D eigenvalue weighted by Gasteiger charge is 2.32. The van der Waals surface area contributed by atoms with Crippen LogP contribution in [0.15, 0.2) is 51.9 Å². The molecule has 0 bridgehead atoms. The van der Waals surface area contributed by atoms with Gasteiger partial charge in [0.25, 0.3) is 5.56 Å². The lowest BCUT2D eigenvalue weighted by atomic mass is 10.0. The van der Waals surface area contributed by atoms with Crippen molar-refractivity contribution in [1.29, 1.82) is 0 Å². The first-order valence-electron chi connectivity index (χ1n) is 9.08. The summed E-state index contributed by atoms with van der Waals surface area (Å²) in [5, 5.41) is 0. The van der Waals surface area contributed by atoms with Crippen molar-refractivity contribution in [3.05, 3.63) is 68.7 Å². The summed E-state index contributed by atoms with van der Waals surface area (Å²) in [6.07, 6.45) is 2.42. The zero-order valence-corrected chi connectivity index (χ0v) is 17.6. The molecule has 0 N–H and O–H groups in total. The maximum Gasteiger partial charge on any atom is 0.344 e. The molecule has 1 aliphatic heterocycles. The molecule has 0 aliphatic carbocycles. The summed E-state index contributed by atoms with van der Waals surface area (Å²) in [7, 11) is 0. The van der Waals surface area contributed by atoms with E-state index in [4.69, 9.17) is 14.2 Å². The SMILES string of the molecule is CC1(C)Cc2cccc(OCC(=O)OCc3cc(=O)n4cc(Br)ccc4n3)c2O1. The molecule has 3 aromatic rings. The standard InChI is InChI=1S/C21H19BrN2O5/c1-21(2)9-13-4-3-5-16(20(13)29-21)27-12-19(26)28-11-15-8-18(25)24-10-14(22)6-7-17(24)23-15/h3-8,10H,9,11-12H2,1-2H3. The van der Waals surface area contributed by atoms with Gasteiger partial charge in [0.05, 0.1) is 5.69 Å². The minimum atomic E-state index is -0.558. The van der Waals surface area contributed by atoms with Gasteiger partial charge in [0.1, 0.15) is 17.9 Å². The van der Waals surface area contributed by atoms with Crippen molar-refractivity contribution in [2.75, 3.05) is 6.61 Å². The predicted octanol–water partition coefficient (Wildman–Crippen LogP) is 3.29. The average Bonchev–Trinajstić information content (AvgIpc) is 2.99. The van der Waals surface area contributed by atoms with E-state index in [9.17, 15) is 9.59 Å². The first kappa shape index (κ1) is 19.4. The van der Waals surface area contributed by atoms with Gasteiger partial charge in [-0.1, -0.05) is 12.1 Å². The lowest BCUT2D eigenvalue weighted by Crippen LogP contribution is -2.25. The quantitative estimate of drug-likeness (QED) is 0.545. The summed E-state index contributed by atoms with van der Waals surface area (Å²) in [5.74, 6) is 0.621. The van der Waals surface area contributed by atoms with Gasteiger partial charge < -0.3 is 14.2 Å². The molecule has 0 saturated heterocycles. The van der Waals surface area contributed by atoms with Crippen LogP contribution < -0.4 is 15.0 Å². The van der Waals surface area contributed by atoms with E-state index in [2.05, 4.69) is 20.9 Å². The summed E-state index contributed by atoms with van der Waals surface area (Å²) in [5.41, 5.74) is 1.35. The second-order valence-corrected chi connectivity index (χ2v) is 8.31. The Labute approximate surface area is 175 Å². The summed E-state index contributed by atoms with van der Waals surface area (Å²) in [6.45, 7) is 3.63. The number of ether oxygens (including phenoxy) is 3. The van der Waals surface area contributed by atoms with E-state index in [1.165, 1.54) is 10.5 Å². The van der Waals surface area contributed by atoms with Gasteiger partial charge in [-0.25, -0.2) is 9.78 Å². The fourth-order valence-corrected chi connectivity index (χ4v) is 3.57. The van der Waals surface area contributed by atoms with Crippen LogP contribution in [0.25, 0.3) is 5.65 Å². The minimum Gasteiger partial charge on any atom is -0.483 e. The Morgan fingerprint density at radius 3 is 2.97 bits per heavy atom. The highest BCUT2D eigenvalue weighted by atomic mass is 79.9. The Kier molecular flexibility index (Phi) is 5.04. The Balaban J connectivity index is 1.38. The maximum atomic E-state index is 12.2. The molecular formula is C21H19BrN2O5. The van der Waals surface area contributed by atoms with E-state index < -0.39 is 5.97 Å². The third-order valence-corrected chi connectivity index (χ3v) is 4.93. The van der Waals surface area contributed by atoms with Crippen molar-refractivity contribution in [2.24, 2.45) is 0 Å². The minimum absolute atomic E-state index is 0.111. The molecule has 0 radical (unpaired) electrons. The summed E-state index contributed by atoms with van der Waals surface area (Å²) >= 11 is 3.32. The largest absolute Gasteiger partial charge is 0.483 e. The number of carbonyl (C=O) groups excluding carboxylic acids is 1. The number of fused-ring (bicyclic) bond motifs is 2. The van der Waals surface area contributed by atoms with E-state index in [0.717, 1.165) is 16.5 Å². The van der Waals surface area contributed by atoms with E-state index in [0.29, 0.717) is 22.8 Å². The van der Waals surface area contributed by atoms with Crippen molar-refractivity contribution in [3.63, 3.8) is 0 Å². The topological polar surface area (TPSA) is 79.1 Å².